The van der Waals surface area contributed by atoms with Crippen LogP contribution in [0.1, 0.15) is 31.5 Å². The smallest absolute Gasteiger partial charge is 0.0542 e. The van der Waals surface area contributed by atoms with E-state index in [0.29, 0.717) is 12.6 Å². The molecule has 1 aliphatic heterocycles. The van der Waals surface area contributed by atoms with Gasteiger partial charge in [0.25, 0.3) is 0 Å². The number of nitrogens with zero attached hydrogens (tertiary/aromatic N) is 3. The van der Waals surface area contributed by atoms with Gasteiger partial charge in [0.1, 0.15) is 0 Å². The molecule has 1 atom stereocenters. The average molecular weight is 262 g/mol. The van der Waals surface area contributed by atoms with Crippen LogP contribution >= 0.6 is 0 Å². The molecule has 106 valence electrons. The molecule has 0 radical (unpaired) electrons. The van der Waals surface area contributed by atoms with Gasteiger partial charge in [0, 0.05) is 51.5 Å². The highest BCUT2D eigenvalue weighted by Gasteiger charge is 2.19. The molecule has 2 N–H and O–H groups in total. The lowest BCUT2D eigenvalue weighted by molar-refractivity contribution is 0.0963. The predicted molar refractivity (Wildman–Crippen MR) is 78.7 cm³/mol. The molecule has 4 nitrogen and oxygen atoms in total. The molecule has 2 rings (SSSR count). The predicted octanol–water partition coefficient (Wildman–Crippen LogP) is 1.46. The van der Waals surface area contributed by atoms with Crippen LogP contribution < -0.4 is 5.73 Å². The molecule has 0 amide bonds. The van der Waals surface area contributed by atoms with Crippen molar-refractivity contribution in [3.63, 3.8) is 0 Å². The first-order chi connectivity index (χ1) is 9.22. The van der Waals surface area contributed by atoms with Crippen LogP contribution in [-0.2, 0) is 13.1 Å². The molecular weight excluding hydrogens is 236 g/mol. The summed E-state index contributed by atoms with van der Waals surface area (Å²) < 4.78 is 0. The molecule has 0 spiro atoms. The van der Waals surface area contributed by atoms with Crippen LogP contribution in [0.4, 0.5) is 0 Å². The van der Waals surface area contributed by atoms with Gasteiger partial charge < -0.3 is 5.73 Å². The van der Waals surface area contributed by atoms with E-state index in [4.69, 9.17) is 5.73 Å². The fourth-order valence-electron chi connectivity index (χ4n) is 2.62. The van der Waals surface area contributed by atoms with E-state index in [2.05, 4.69) is 40.8 Å². The Hall–Kier alpha value is -0.970. The van der Waals surface area contributed by atoms with Crippen molar-refractivity contribution >= 4 is 0 Å². The third-order valence-corrected chi connectivity index (χ3v) is 4.12. The Morgan fingerprint density at radius 2 is 2.05 bits per heavy atom. The van der Waals surface area contributed by atoms with Crippen molar-refractivity contribution in [2.45, 2.75) is 39.4 Å². The summed E-state index contributed by atoms with van der Waals surface area (Å²) in [5, 5.41) is 0. The first-order valence-electron chi connectivity index (χ1n) is 7.33. The molecular formula is C15H26N4. The van der Waals surface area contributed by atoms with E-state index in [1.807, 2.05) is 6.20 Å². The van der Waals surface area contributed by atoms with Crippen LogP contribution in [-0.4, -0.2) is 47.0 Å². The molecule has 2 heterocycles. The normalized spacial score (nSPS) is 19.5. The first kappa shape index (κ1) is 14.4. The second kappa shape index (κ2) is 6.98. The molecule has 1 fully saturated rings. The Labute approximate surface area is 116 Å². The van der Waals surface area contributed by atoms with Gasteiger partial charge in [-0.15, -0.1) is 0 Å². The summed E-state index contributed by atoms with van der Waals surface area (Å²) in [6.45, 7) is 10.8. The summed E-state index contributed by atoms with van der Waals surface area (Å²) in [7, 11) is 0. The number of hydrogen-bond acceptors (Lipinski definition) is 4. The lowest BCUT2D eigenvalue weighted by Gasteiger charge is -2.37. The van der Waals surface area contributed by atoms with E-state index < -0.39 is 0 Å². The van der Waals surface area contributed by atoms with Gasteiger partial charge in [0.15, 0.2) is 0 Å². The van der Waals surface area contributed by atoms with Crippen molar-refractivity contribution in [1.82, 2.24) is 14.8 Å². The molecule has 1 saturated heterocycles. The average Bonchev–Trinajstić information content (AvgIpc) is 2.47. The van der Waals surface area contributed by atoms with Gasteiger partial charge >= 0.3 is 0 Å². The number of hydrogen-bond donors (Lipinski definition) is 1. The molecule has 1 aromatic heterocycles. The van der Waals surface area contributed by atoms with E-state index >= 15 is 0 Å². The molecule has 0 aromatic carbocycles. The minimum atomic E-state index is 0.523. The van der Waals surface area contributed by atoms with E-state index in [1.165, 1.54) is 25.1 Å². The fraction of sp³-hybridized carbons (Fsp3) is 0.667. The fourth-order valence-corrected chi connectivity index (χ4v) is 2.62. The highest BCUT2D eigenvalue weighted by atomic mass is 15.3. The van der Waals surface area contributed by atoms with E-state index in [1.54, 1.807) is 0 Å². The topological polar surface area (TPSA) is 45.4 Å². The minimum Gasteiger partial charge on any atom is -0.325 e. The molecule has 0 bridgehead atoms. The van der Waals surface area contributed by atoms with Crippen molar-refractivity contribution in [3.8, 4) is 0 Å². The number of nitrogens with two attached hydrogens (primary N) is 1. The Kier molecular flexibility index (Phi) is 5.31. The van der Waals surface area contributed by atoms with Crippen molar-refractivity contribution in [2.24, 2.45) is 5.73 Å². The lowest BCUT2D eigenvalue weighted by atomic mass is 10.1. The number of pyridine rings is 1. The Bertz CT molecular complexity index is 385. The van der Waals surface area contributed by atoms with Gasteiger partial charge in [-0.1, -0.05) is 6.92 Å². The zero-order valence-electron chi connectivity index (χ0n) is 12.2. The van der Waals surface area contributed by atoms with Crippen molar-refractivity contribution in [2.75, 3.05) is 26.2 Å². The highest BCUT2D eigenvalue weighted by Crippen LogP contribution is 2.12. The van der Waals surface area contributed by atoms with E-state index in [-0.39, 0.29) is 0 Å². The third kappa shape index (κ3) is 4.00. The van der Waals surface area contributed by atoms with Crippen LogP contribution in [0.2, 0.25) is 0 Å². The van der Waals surface area contributed by atoms with E-state index in [0.717, 1.165) is 25.3 Å². The largest absolute Gasteiger partial charge is 0.325 e. The summed E-state index contributed by atoms with van der Waals surface area (Å²) in [5.41, 5.74) is 7.94. The van der Waals surface area contributed by atoms with Gasteiger partial charge in [0.05, 0.1) is 5.69 Å². The Morgan fingerprint density at radius 1 is 1.32 bits per heavy atom. The number of rotatable bonds is 5. The van der Waals surface area contributed by atoms with Gasteiger partial charge in [-0.2, -0.15) is 0 Å². The molecule has 4 heteroatoms. The van der Waals surface area contributed by atoms with Crippen LogP contribution in [0.3, 0.4) is 0 Å². The summed E-state index contributed by atoms with van der Waals surface area (Å²) >= 11 is 0. The molecule has 0 saturated carbocycles. The Morgan fingerprint density at radius 3 is 2.68 bits per heavy atom. The zero-order valence-corrected chi connectivity index (χ0v) is 12.2. The lowest BCUT2D eigenvalue weighted by Crippen LogP contribution is -2.48. The summed E-state index contributed by atoms with van der Waals surface area (Å²) in [4.78, 5) is 9.36. The van der Waals surface area contributed by atoms with Gasteiger partial charge in [0.2, 0.25) is 0 Å². The Balaban J connectivity index is 1.85. The maximum absolute atomic E-state index is 5.64. The van der Waals surface area contributed by atoms with Gasteiger partial charge in [-0.3, -0.25) is 14.8 Å². The van der Waals surface area contributed by atoms with Crippen molar-refractivity contribution < 1.29 is 0 Å². The minimum absolute atomic E-state index is 0.523. The monoisotopic (exact) mass is 262 g/mol. The number of aromatic nitrogens is 1. The highest BCUT2D eigenvalue weighted by molar-refractivity contribution is 5.16. The molecule has 19 heavy (non-hydrogen) atoms. The molecule has 1 aromatic rings. The third-order valence-electron chi connectivity index (χ3n) is 4.12. The van der Waals surface area contributed by atoms with Crippen LogP contribution in [0.5, 0.6) is 0 Å². The second-order valence-corrected chi connectivity index (χ2v) is 5.43. The maximum Gasteiger partial charge on any atom is 0.0542 e. The van der Waals surface area contributed by atoms with Crippen LogP contribution in [0, 0.1) is 0 Å². The van der Waals surface area contributed by atoms with Gasteiger partial charge in [-0.25, -0.2) is 0 Å². The zero-order chi connectivity index (χ0) is 13.7. The molecule has 0 aliphatic carbocycles. The van der Waals surface area contributed by atoms with Crippen LogP contribution in [0.25, 0.3) is 0 Å². The van der Waals surface area contributed by atoms with Gasteiger partial charge in [-0.05, 0) is 31.0 Å². The second-order valence-electron chi connectivity index (χ2n) is 5.43. The summed E-state index contributed by atoms with van der Waals surface area (Å²) in [6, 6.07) is 4.94. The maximum atomic E-state index is 5.64. The number of piperazine rings is 1. The standard InChI is InChI=1S/C15H26N4/c1-3-13(2)19-8-6-18(7-9-19)12-14-4-5-17-15(10-14)11-16/h4-5,10,13H,3,6-9,11-12,16H2,1-2H3. The summed E-state index contributed by atoms with van der Waals surface area (Å²) in [5.74, 6) is 0. The van der Waals surface area contributed by atoms with Crippen molar-refractivity contribution in [3.05, 3.63) is 29.6 Å². The molecule has 1 unspecified atom stereocenters. The van der Waals surface area contributed by atoms with Crippen LogP contribution in [0.15, 0.2) is 18.3 Å². The molecule has 1 aliphatic rings. The quantitative estimate of drug-likeness (QED) is 0.872. The van der Waals surface area contributed by atoms with E-state index in [9.17, 15) is 0 Å². The summed E-state index contributed by atoms with van der Waals surface area (Å²) in [6.07, 6.45) is 3.11. The first-order valence-corrected chi connectivity index (χ1v) is 7.33. The SMILES string of the molecule is CCC(C)N1CCN(Cc2ccnc(CN)c2)CC1. The van der Waals surface area contributed by atoms with Crippen molar-refractivity contribution in [1.29, 1.82) is 0 Å².